The number of fused-ring (bicyclic) bond motifs is 1. The molecule has 2 aromatic carbocycles. The molecule has 2 nitrogen and oxygen atoms in total. The number of nitrogens with two attached hydrogens (primary N) is 1. The van der Waals surface area contributed by atoms with E-state index in [0.29, 0.717) is 0 Å². The molecule has 0 unspecified atom stereocenters. The van der Waals surface area contributed by atoms with E-state index in [-0.39, 0.29) is 0 Å². The van der Waals surface area contributed by atoms with Crippen molar-refractivity contribution in [2.24, 2.45) is 0 Å². The largest absolute Gasteiger partial charge is 0.396 e. The van der Waals surface area contributed by atoms with Gasteiger partial charge < -0.3 is 5.73 Å². The zero-order chi connectivity index (χ0) is 12.5. The maximum Gasteiger partial charge on any atom is 0.105 e. The molecule has 3 aromatic rings. The fourth-order valence-corrected chi connectivity index (χ4v) is 3.50. The van der Waals surface area contributed by atoms with Gasteiger partial charge in [0.2, 0.25) is 0 Å². The minimum Gasteiger partial charge on any atom is -0.396 e. The summed E-state index contributed by atoms with van der Waals surface area (Å²) < 4.78 is 1.11. The van der Waals surface area contributed by atoms with E-state index in [2.05, 4.69) is 4.98 Å². The lowest BCUT2D eigenvalue weighted by Crippen LogP contribution is -1.90. The maximum absolute atomic E-state index is 6.15. The number of thiazole rings is 1. The fraction of sp³-hybridized carbons (Fsp3) is 0. The molecule has 0 atom stereocenters. The van der Waals surface area contributed by atoms with E-state index in [1.165, 1.54) is 0 Å². The predicted octanol–water partition coefficient (Wildman–Crippen LogP) is 4.68. The van der Waals surface area contributed by atoms with Gasteiger partial charge in [-0.15, -0.1) is 11.3 Å². The Morgan fingerprint density at radius 1 is 1.11 bits per heavy atom. The third-order valence-electron chi connectivity index (χ3n) is 2.56. The van der Waals surface area contributed by atoms with E-state index >= 15 is 0 Å². The number of rotatable bonds is 2. The van der Waals surface area contributed by atoms with Crippen LogP contribution in [0.5, 0.6) is 0 Å². The van der Waals surface area contributed by atoms with Gasteiger partial charge in [-0.1, -0.05) is 35.5 Å². The molecule has 3 rings (SSSR count). The number of nitrogens with zero attached hydrogens (tertiary/aromatic N) is 1. The van der Waals surface area contributed by atoms with Crippen LogP contribution in [0.1, 0.15) is 0 Å². The first-order chi connectivity index (χ1) is 8.75. The van der Waals surface area contributed by atoms with Crippen LogP contribution in [-0.4, -0.2) is 4.98 Å². The summed E-state index contributed by atoms with van der Waals surface area (Å²) in [5, 5.41) is 0.736. The van der Waals surface area contributed by atoms with Gasteiger partial charge in [-0.25, -0.2) is 4.98 Å². The normalized spacial score (nSPS) is 10.9. The molecule has 18 heavy (non-hydrogen) atoms. The Bertz CT molecular complexity index is 709. The van der Waals surface area contributed by atoms with Crippen LogP contribution in [0.15, 0.2) is 51.7 Å². The Kier molecular flexibility index (Phi) is 3.16. The summed E-state index contributed by atoms with van der Waals surface area (Å²) >= 11 is 9.31. The van der Waals surface area contributed by atoms with Gasteiger partial charge in [0.15, 0.2) is 0 Å². The van der Waals surface area contributed by atoms with Crippen LogP contribution in [0.25, 0.3) is 10.2 Å². The Labute approximate surface area is 118 Å². The number of aromatic nitrogens is 1. The van der Waals surface area contributed by atoms with Gasteiger partial charge in [0.25, 0.3) is 0 Å². The molecule has 0 aliphatic heterocycles. The molecule has 5 heteroatoms. The summed E-state index contributed by atoms with van der Waals surface area (Å²) in [6, 6.07) is 11.8. The van der Waals surface area contributed by atoms with Gasteiger partial charge in [0, 0.05) is 9.79 Å². The highest BCUT2D eigenvalue weighted by atomic mass is 35.5. The minimum absolute atomic E-state index is 0.721. The standard InChI is InChI=1S/C13H9ClN2S2/c14-8-3-1-2-4-9(8)18-10-5-6-11-13(12(10)15)16-7-17-11/h1-7H,15H2. The first-order valence-corrected chi connectivity index (χ1v) is 7.37. The van der Waals surface area contributed by atoms with Crippen LogP contribution in [0.2, 0.25) is 5.02 Å². The lowest BCUT2D eigenvalue weighted by molar-refractivity contribution is 1.40. The van der Waals surface area contributed by atoms with E-state index in [0.717, 1.165) is 30.7 Å². The van der Waals surface area contributed by atoms with Gasteiger partial charge in [-0.05, 0) is 24.3 Å². The van der Waals surface area contributed by atoms with E-state index in [1.807, 2.05) is 41.9 Å². The molecule has 0 aliphatic carbocycles. The molecule has 0 saturated heterocycles. The number of benzene rings is 2. The van der Waals surface area contributed by atoms with Crippen molar-refractivity contribution < 1.29 is 0 Å². The number of anilines is 1. The molecule has 0 spiro atoms. The zero-order valence-corrected chi connectivity index (χ0v) is 11.6. The van der Waals surface area contributed by atoms with Gasteiger partial charge in [0.1, 0.15) is 5.52 Å². The third kappa shape index (κ3) is 2.07. The van der Waals surface area contributed by atoms with Crippen molar-refractivity contribution in [3.8, 4) is 0 Å². The quantitative estimate of drug-likeness (QED) is 0.697. The molecular weight excluding hydrogens is 284 g/mol. The average molecular weight is 293 g/mol. The van der Waals surface area contributed by atoms with Crippen molar-refractivity contribution in [2.45, 2.75) is 9.79 Å². The molecule has 0 aliphatic rings. The number of hydrogen-bond acceptors (Lipinski definition) is 4. The van der Waals surface area contributed by atoms with Crippen molar-refractivity contribution in [3.63, 3.8) is 0 Å². The van der Waals surface area contributed by atoms with E-state index in [4.69, 9.17) is 17.3 Å². The molecule has 0 bridgehead atoms. The Morgan fingerprint density at radius 2 is 1.94 bits per heavy atom. The second kappa shape index (κ2) is 4.80. The Morgan fingerprint density at radius 3 is 2.78 bits per heavy atom. The van der Waals surface area contributed by atoms with Crippen molar-refractivity contribution in [1.29, 1.82) is 0 Å². The predicted molar refractivity (Wildman–Crippen MR) is 79.6 cm³/mol. The van der Waals surface area contributed by atoms with E-state index in [9.17, 15) is 0 Å². The van der Waals surface area contributed by atoms with E-state index in [1.54, 1.807) is 23.1 Å². The maximum atomic E-state index is 6.15. The SMILES string of the molecule is Nc1c(Sc2ccccc2Cl)ccc2scnc12. The summed E-state index contributed by atoms with van der Waals surface area (Å²) in [5.74, 6) is 0. The van der Waals surface area contributed by atoms with Crippen LogP contribution in [0.4, 0.5) is 5.69 Å². The molecule has 90 valence electrons. The van der Waals surface area contributed by atoms with Crippen LogP contribution >= 0.6 is 34.7 Å². The highest BCUT2D eigenvalue weighted by molar-refractivity contribution is 7.99. The highest BCUT2D eigenvalue weighted by Crippen LogP contribution is 2.39. The van der Waals surface area contributed by atoms with Crippen molar-refractivity contribution in [1.82, 2.24) is 4.98 Å². The Hall–Kier alpha value is -1.23. The molecular formula is C13H9ClN2S2. The van der Waals surface area contributed by atoms with Gasteiger partial charge in [0.05, 0.1) is 20.9 Å². The smallest absolute Gasteiger partial charge is 0.105 e. The summed E-state index contributed by atoms with van der Waals surface area (Å²) in [4.78, 5) is 6.28. The van der Waals surface area contributed by atoms with Crippen LogP contribution in [0.3, 0.4) is 0 Å². The first kappa shape index (κ1) is 11.8. The molecule has 0 saturated carbocycles. The van der Waals surface area contributed by atoms with Crippen LogP contribution in [0, 0.1) is 0 Å². The summed E-state index contributed by atoms with van der Waals surface area (Å²) in [7, 11) is 0. The highest BCUT2D eigenvalue weighted by Gasteiger charge is 2.09. The summed E-state index contributed by atoms with van der Waals surface area (Å²) in [6.45, 7) is 0. The molecule has 1 heterocycles. The fourth-order valence-electron chi connectivity index (χ4n) is 1.67. The van der Waals surface area contributed by atoms with Gasteiger partial charge in [-0.2, -0.15) is 0 Å². The Balaban J connectivity index is 2.05. The van der Waals surface area contributed by atoms with Gasteiger partial charge >= 0.3 is 0 Å². The molecule has 0 amide bonds. The third-order valence-corrected chi connectivity index (χ3v) is 4.95. The lowest BCUT2D eigenvalue weighted by atomic mass is 10.3. The number of nitrogen functional groups attached to an aromatic ring is 1. The van der Waals surface area contributed by atoms with Crippen molar-refractivity contribution in [2.75, 3.05) is 5.73 Å². The van der Waals surface area contributed by atoms with Gasteiger partial charge in [-0.3, -0.25) is 0 Å². The molecule has 0 fully saturated rings. The second-order valence-corrected chi connectivity index (χ2v) is 6.09. The van der Waals surface area contributed by atoms with Crippen molar-refractivity contribution >= 4 is 50.6 Å². The van der Waals surface area contributed by atoms with Crippen LogP contribution < -0.4 is 5.73 Å². The average Bonchev–Trinajstić information content (AvgIpc) is 2.84. The van der Waals surface area contributed by atoms with E-state index < -0.39 is 0 Å². The molecule has 1 aromatic heterocycles. The summed E-state index contributed by atoms with van der Waals surface area (Å²) in [6.07, 6.45) is 0. The lowest BCUT2D eigenvalue weighted by Gasteiger charge is -2.07. The molecule has 2 N–H and O–H groups in total. The molecule has 0 radical (unpaired) electrons. The monoisotopic (exact) mass is 292 g/mol. The zero-order valence-electron chi connectivity index (χ0n) is 9.26. The topological polar surface area (TPSA) is 38.9 Å². The second-order valence-electron chi connectivity index (χ2n) is 3.71. The minimum atomic E-state index is 0.721. The number of hydrogen-bond donors (Lipinski definition) is 1. The van der Waals surface area contributed by atoms with Crippen molar-refractivity contribution in [3.05, 3.63) is 46.9 Å². The first-order valence-electron chi connectivity index (χ1n) is 5.30. The van der Waals surface area contributed by atoms with Crippen LogP contribution in [-0.2, 0) is 0 Å². The summed E-state index contributed by atoms with van der Waals surface area (Å²) in [5.41, 5.74) is 9.55. The number of halogens is 1.